The second kappa shape index (κ2) is 6.88. The molecule has 1 aliphatic heterocycles. The van der Waals surface area contributed by atoms with Crippen LogP contribution in [0.15, 0.2) is 53.1 Å². The quantitative estimate of drug-likeness (QED) is 0.694. The fourth-order valence-corrected chi connectivity index (χ4v) is 3.28. The van der Waals surface area contributed by atoms with E-state index in [4.69, 9.17) is 16.1 Å². The van der Waals surface area contributed by atoms with E-state index < -0.39 is 0 Å². The zero-order valence-electron chi connectivity index (χ0n) is 13.7. The molecule has 7 heteroatoms. The minimum Gasteiger partial charge on any atom is -0.339 e. The molecule has 1 saturated heterocycles. The summed E-state index contributed by atoms with van der Waals surface area (Å²) >= 11 is 6.00. The molecule has 5 nitrogen and oxygen atoms in total. The van der Waals surface area contributed by atoms with Gasteiger partial charge in [0.15, 0.2) is 0 Å². The zero-order valence-corrected chi connectivity index (χ0v) is 14.5. The smallest absolute Gasteiger partial charge is 0.232 e. The Morgan fingerprint density at radius 2 is 2.04 bits per heavy atom. The molecule has 1 amide bonds. The van der Waals surface area contributed by atoms with Crippen LogP contribution < -0.4 is 0 Å². The highest BCUT2D eigenvalue weighted by Gasteiger charge is 2.34. The first-order chi connectivity index (χ1) is 12.6. The first-order valence-corrected chi connectivity index (χ1v) is 8.58. The van der Waals surface area contributed by atoms with Crippen LogP contribution in [0.4, 0.5) is 4.39 Å². The predicted octanol–water partition coefficient (Wildman–Crippen LogP) is 4.05. The molecule has 2 aromatic carbocycles. The molecule has 4 rings (SSSR count). The second-order valence-corrected chi connectivity index (χ2v) is 6.70. The van der Waals surface area contributed by atoms with E-state index >= 15 is 0 Å². The molecule has 0 N–H and O–H groups in total. The van der Waals surface area contributed by atoms with E-state index in [0.717, 1.165) is 5.56 Å². The van der Waals surface area contributed by atoms with Crippen LogP contribution in [0.5, 0.6) is 0 Å². The van der Waals surface area contributed by atoms with Crippen LogP contribution in [-0.4, -0.2) is 27.5 Å². The minimum atomic E-state index is -0.324. The van der Waals surface area contributed by atoms with Gasteiger partial charge in [-0.05, 0) is 42.0 Å². The van der Waals surface area contributed by atoms with E-state index in [-0.39, 0.29) is 17.6 Å². The molecule has 1 atom stereocenters. The van der Waals surface area contributed by atoms with E-state index in [2.05, 4.69) is 10.1 Å². The van der Waals surface area contributed by atoms with E-state index in [1.165, 1.54) is 12.1 Å². The number of nitrogens with zero attached hydrogens (tertiary/aromatic N) is 3. The van der Waals surface area contributed by atoms with Crippen LogP contribution in [0, 0.1) is 5.82 Å². The van der Waals surface area contributed by atoms with Crippen molar-refractivity contribution in [3.8, 4) is 11.4 Å². The number of carbonyl (C=O) groups is 1. The molecule has 3 aromatic rings. The SMILES string of the molecule is O=C1CC(c2nc(-c3ccc(F)cc3)no2)CN1Cc1cccc(Cl)c1. The summed E-state index contributed by atoms with van der Waals surface area (Å²) in [5.74, 6) is 0.377. The number of hydrogen-bond acceptors (Lipinski definition) is 4. The van der Waals surface area contributed by atoms with Crippen molar-refractivity contribution in [2.45, 2.75) is 18.9 Å². The average molecular weight is 372 g/mol. The van der Waals surface area contributed by atoms with Gasteiger partial charge in [-0.2, -0.15) is 4.98 Å². The maximum Gasteiger partial charge on any atom is 0.232 e. The third-order valence-corrected chi connectivity index (χ3v) is 4.61. The Kier molecular flexibility index (Phi) is 4.42. The van der Waals surface area contributed by atoms with E-state index in [1.54, 1.807) is 23.1 Å². The molecule has 0 radical (unpaired) electrons. The number of aromatic nitrogens is 2. The summed E-state index contributed by atoms with van der Waals surface area (Å²) < 4.78 is 18.4. The third kappa shape index (κ3) is 3.46. The zero-order chi connectivity index (χ0) is 18.1. The highest BCUT2D eigenvalue weighted by molar-refractivity contribution is 6.30. The number of amides is 1. The summed E-state index contributed by atoms with van der Waals surface area (Å²) in [5, 5.41) is 4.60. The summed E-state index contributed by atoms with van der Waals surface area (Å²) in [6.45, 7) is 1.01. The number of halogens is 2. The number of rotatable bonds is 4. The Bertz CT molecular complexity index is 942. The van der Waals surface area contributed by atoms with Crippen molar-refractivity contribution in [3.63, 3.8) is 0 Å². The lowest BCUT2D eigenvalue weighted by atomic mass is 10.1. The number of carbonyl (C=O) groups excluding carboxylic acids is 1. The van der Waals surface area contributed by atoms with Gasteiger partial charge in [0.05, 0.1) is 5.92 Å². The largest absolute Gasteiger partial charge is 0.339 e. The fourth-order valence-electron chi connectivity index (χ4n) is 3.06. The van der Waals surface area contributed by atoms with Crippen LogP contribution in [0.25, 0.3) is 11.4 Å². The van der Waals surface area contributed by atoms with Crippen LogP contribution in [0.3, 0.4) is 0 Å². The van der Waals surface area contributed by atoms with Gasteiger partial charge in [-0.3, -0.25) is 4.79 Å². The Hall–Kier alpha value is -2.73. The molecule has 1 aromatic heterocycles. The summed E-state index contributed by atoms with van der Waals surface area (Å²) in [6.07, 6.45) is 0.325. The predicted molar refractivity (Wildman–Crippen MR) is 93.9 cm³/mol. The van der Waals surface area contributed by atoms with Crippen LogP contribution in [0.2, 0.25) is 5.02 Å². The topological polar surface area (TPSA) is 59.2 Å². The lowest BCUT2D eigenvalue weighted by Crippen LogP contribution is -2.24. The molecule has 26 heavy (non-hydrogen) atoms. The molecule has 132 valence electrons. The highest BCUT2D eigenvalue weighted by atomic mass is 35.5. The molecule has 0 aliphatic carbocycles. The van der Waals surface area contributed by atoms with E-state index in [0.29, 0.717) is 41.8 Å². The van der Waals surface area contributed by atoms with Gasteiger partial charge < -0.3 is 9.42 Å². The maximum atomic E-state index is 13.0. The molecule has 1 unspecified atom stereocenters. The van der Waals surface area contributed by atoms with Gasteiger partial charge in [-0.15, -0.1) is 0 Å². The Balaban J connectivity index is 1.48. The van der Waals surface area contributed by atoms with Gasteiger partial charge in [0, 0.05) is 30.1 Å². The van der Waals surface area contributed by atoms with Gasteiger partial charge in [0.2, 0.25) is 17.6 Å². The van der Waals surface area contributed by atoms with Crippen LogP contribution in [0.1, 0.15) is 23.8 Å². The third-order valence-electron chi connectivity index (χ3n) is 4.37. The average Bonchev–Trinajstić information content (AvgIpc) is 3.23. The molecular weight excluding hydrogens is 357 g/mol. The number of likely N-dealkylation sites (tertiary alicyclic amines) is 1. The normalized spacial score (nSPS) is 17.1. The summed E-state index contributed by atoms with van der Waals surface area (Å²) in [6, 6.07) is 13.3. The van der Waals surface area contributed by atoms with Gasteiger partial charge in [0.1, 0.15) is 5.82 Å². The molecule has 1 aliphatic rings. The van der Waals surface area contributed by atoms with Crippen LogP contribution in [-0.2, 0) is 11.3 Å². The molecule has 2 heterocycles. The lowest BCUT2D eigenvalue weighted by molar-refractivity contribution is -0.128. The summed E-state index contributed by atoms with van der Waals surface area (Å²) in [7, 11) is 0. The number of hydrogen-bond donors (Lipinski definition) is 0. The van der Waals surface area contributed by atoms with Crippen molar-refractivity contribution >= 4 is 17.5 Å². The van der Waals surface area contributed by atoms with Gasteiger partial charge >= 0.3 is 0 Å². The number of benzene rings is 2. The molecule has 0 bridgehead atoms. The van der Waals surface area contributed by atoms with Crippen molar-refractivity contribution < 1.29 is 13.7 Å². The Morgan fingerprint density at radius 3 is 2.81 bits per heavy atom. The minimum absolute atomic E-state index is 0.0384. The molecule has 0 saturated carbocycles. The van der Waals surface area contributed by atoms with E-state index in [1.807, 2.05) is 18.2 Å². The standard InChI is InChI=1S/C19H15ClFN3O2/c20-15-3-1-2-12(8-15)10-24-11-14(9-17(24)25)19-22-18(23-26-19)13-4-6-16(21)7-5-13/h1-8,14H,9-11H2. The molecular formula is C19H15ClFN3O2. The van der Waals surface area contributed by atoms with Crippen molar-refractivity contribution in [2.24, 2.45) is 0 Å². The van der Waals surface area contributed by atoms with Gasteiger partial charge in [-0.1, -0.05) is 28.9 Å². The van der Waals surface area contributed by atoms with Crippen LogP contribution >= 0.6 is 11.6 Å². The first kappa shape index (κ1) is 16.7. The highest BCUT2D eigenvalue weighted by Crippen LogP contribution is 2.30. The first-order valence-electron chi connectivity index (χ1n) is 8.20. The summed E-state index contributed by atoms with van der Waals surface area (Å²) in [5.41, 5.74) is 1.64. The van der Waals surface area contributed by atoms with Crippen molar-refractivity contribution in [2.75, 3.05) is 6.54 Å². The maximum absolute atomic E-state index is 13.0. The van der Waals surface area contributed by atoms with Crippen molar-refractivity contribution in [3.05, 3.63) is 70.8 Å². The van der Waals surface area contributed by atoms with Crippen molar-refractivity contribution in [1.29, 1.82) is 0 Å². The fraction of sp³-hybridized carbons (Fsp3) is 0.211. The monoisotopic (exact) mass is 371 g/mol. The van der Waals surface area contributed by atoms with Crippen molar-refractivity contribution in [1.82, 2.24) is 15.0 Å². The van der Waals surface area contributed by atoms with Gasteiger partial charge in [0.25, 0.3) is 0 Å². The summed E-state index contributed by atoms with van der Waals surface area (Å²) in [4.78, 5) is 18.5. The lowest BCUT2D eigenvalue weighted by Gasteiger charge is -2.16. The van der Waals surface area contributed by atoms with Gasteiger partial charge in [-0.25, -0.2) is 4.39 Å². The molecule has 0 spiro atoms. The Labute approximate surface area is 154 Å². The van der Waals surface area contributed by atoms with E-state index in [9.17, 15) is 9.18 Å². The molecule has 1 fully saturated rings. The Morgan fingerprint density at radius 1 is 1.23 bits per heavy atom. The second-order valence-electron chi connectivity index (χ2n) is 6.27.